The smallest absolute Gasteiger partial charge is 0.254 e. The van der Waals surface area contributed by atoms with Crippen molar-refractivity contribution in [2.45, 2.75) is 50.5 Å². The zero-order chi connectivity index (χ0) is 21.0. The van der Waals surface area contributed by atoms with E-state index in [1.54, 1.807) is 12.4 Å². The Hall–Kier alpha value is -3.34. The van der Waals surface area contributed by atoms with Crippen molar-refractivity contribution in [2.75, 3.05) is 0 Å². The number of nitrogens with zero attached hydrogens (tertiary/aromatic N) is 2. The Balaban J connectivity index is 1.24. The van der Waals surface area contributed by atoms with Crippen LogP contribution in [0.5, 0.6) is 11.5 Å². The average Bonchev–Trinajstić information content (AvgIpc) is 3.09. The largest absolute Gasteiger partial charge is 0.489 e. The van der Waals surface area contributed by atoms with Gasteiger partial charge in [0, 0.05) is 36.7 Å². The number of benzene rings is 2. The zero-order valence-corrected chi connectivity index (χ0v) is 17.4. The van der Waals surface area contributed by atoms with E-state index in [2.05, 4.69) is 9.88 Å². The molecule has 0 spiro atoms. The molecule has 3 aromatic rings. The molecule has 158 valence electrons. The fourth-order valence-corrected chi connectivity index (χ4v) is 4.77. The number of piperidine rings is 1. The van der Waals surface area contributed by atoms with Gasteiger partial charge in [-0.2, -0.15) is 0 Å². The molecule has 2 fully saturated rings. The number of hydrogen-bond donors (Lipinski definition) is 0. The number of pyridine rings is 1. The predicted octanol–water partition coefficient (Wildman–Crippen LogP) is 4.88. The molecule has 5 rings (SSSR count). The Bertz CT molecular complexity index is 1010. The first-order chi connectivity index (χ1) is 15.3. The first kappa shape index (κ1) is 19.6. The molecular weight excluding hydrogens is 388 g/mol. The summed E-state index contributed by atoms with van der Waals surface area (Å²) in [7, 11) is 0. The van der Waals surface area contributed by atoms with Gasteiger partial charge in [0.05, 0.1) is 6.20 Å². The van der Waals surface area contributed by atoms with E-state index in [9.17, 15) is 4.79 Å². The van der Waals surface area contributed by atoms with Crippen molar-refractivity contribution in [3.63, 3.8) is 0 Å². The van der Waals surface area contributed by atoms with E-state index < -0.39 is 0 Å². The Morgan fingerprint density at radius 2 is 1.71 bits per heavy atom. The Labute approximate surface area is 182 Å². The molecule has 0 aliphatic carbocycles. The maximum atomic E-state index is 13.4. The summed E-state index contributed by atoms with van der Waals surface area (Å²) < 4.78 is 12.1. The van der Waals surface area contributed by atoms with Crippen molar-refractivity contribution in [1.82, 2.24) is 9.88 Å². The van der Waals surface area contributed by atoms with Gasteiger partial charge in [0.25, 0.3) is 5.91 Å². The van der Waals surface area contributed by atoms with Gasteiger partial charge in [0.1, 0.15) is 24.2 Å². The third-order valence-corrected chi connectivity index (χ3v) is 6.19. The van der Waals surface area contributed by atoms with Crippen LogP contribution in [0.4, 0.5) is 0 Å². The van der Waals surface area contributed by atoms with E-state index in [1.807, 2.05) is 66.7 Å². The fourth-order valence-electron chi connectivity index (χ4n) is 4.77. The lowest BCUT2D eigenvalue weighted by Crippen LogP contribution is -2.49. The highest BCUT2D eigenvalue weighted by Gasteiger charge is 2.44. The van der Waals surface area contributed by atoms with E-state index >= 15 is 0 Å². The molecule has 2 atom stereocenters. The molecule has 2 unspecified atom stereocenters. The molecule has 3 heterocycles. The van der Waals surface area contributed by atoms with Gasteiger partial charge in [-0.25, -0.2) is 0 Å². The second-order valence-corrected chi connectivity index (χ2v) is 8.30. The van der Waals surface area contributed by atoms with Gasteiger partial charge in [0.2, 0.25) is 0 Å². The highest BCUT2D eigenvalue weighted by Crippen LogP contribution is 2.38. The van der Waals surface area contributed by atoms with Gasteiger partial charge in [0.15, 0.2) is 0 Å². The van der Waals surface area contributed by atoms with Gasteiger partial charge < -0.3 is 14.4 Å². The van der Waals surface area contributed by atoms with Gasteiger partial charge in [-0.3, -0.25) is 9.78 Å². The summed E-state index contributed by atoms with van der Waals surface area (Å²) in [6.07, 6.45) is 7.42. The minimum Gasteiger partial charge on any atom is -0.489 e. The van der Waals surface area contributed by atoms with E-state index in [0.29, 0.717) is 12.2 Å². The van der Waals surface area contributed by atoms with Crippen molar-refractivity contribution in [3.8, 4) is 11.5 Å². The molecule has 0 N–H and O–H groups in total. The van der Waals surface area contributed by atoms with Gasteiger partial charge >= 0.3 is 0 Å². The van der Waals surface area contributed by atoms with Gasteiger partial charge in [-0.15, -0.1) is 0 Å². The van der Waals surface area contributed by atoms with Crippen LogP contribution in [0.25, 0.3) is 0 Å². The summed E-state index contributed by atoms with van der Waals surface area (Å²) in [6, 6.07) is 21.9. The zero-order valence-electron chi connectivity index (χ0n) is 17.4. The Kier molecular flexibility index (Phi) is 5.57. The van der Waals surface area contributed by atoms with Crippen molar-refractivity contribution in [1.29, 1.82) is 0 Å². The molecule has 0 radical (unpaired) electrons. The highest BCUT2D eigenvalue weighted by molar-refractivity contribution is 5.95. The van der Waals surface area contributed by atoms with Crippen molar-refractivity contribution in [2.24, 2.45) is 0 Å². The molecule has 2 aromatic carbocycles. The molecule has 1 aromatic heterocycles. The topological polar surface area (TPSA) is 51.7 Å². The van der Waals surface area contributed by atoms with Crippen LogP contribution in [0.2, 0.25) is 0 Å². The summed E-state index contributed by atoms with van der Waals surface area (Å²) in [6.45, 7) is 0.487. The molecular formula is C26H26N2O3. The number of fused-ring (bicyclic) bond motifs is 2. The summed E-state index contributed by atoms with van der Waals surface area (Å²) in [5.41, 5.74) is 1.79. The van der Waals surface area contributed by atoms with Crippen LogP contribution in [0.15, 0.2) is 79.1 Å². The molecule has 2 aliphatic rings. The normalized spacial score (nSPS) is 22.2. The van der Waals surface area contributed by atoms with Crippen LogP contribution < -0.4 is 9.47 Å². The molecule has 0 saturated carbocycles. The number of amides is 1. The quantitative estimate of drug-likeness (QED) is 0.577. The van der Waals surface area contributed by atoms with Crippen LogP contribution in [-0.2, 0) is 6.61 Å². The Morgan fingerprint density at radius 1 is 0.935 bits per heavy atom. The molecule has 5 heteroatoms. The van der Waals surface area contributed by atoms with Crippen LogP contribution in [-0.4, -0.2) is 34.0 Å². The van der Waals surface area contributed by atoms with Crippen molar-refractivity contribution in [3.05, 3.63) is 90.3 Å². The maximum Gasteiger partial charge on any atom is 0.254 e. The van der Waals surface area contributed by atoms with Gasteiger partial charge in [-0.1, -0.05) is 36.4 Å². The number of rotatable bonds is 6. The predicted molar refractivity (Wildman–Crippen MR) is 118 cm³/mol. The fraction of sp³-hybridized carbons (Fsp3) is 0.308. The summed E-state index contributed by atoms with van der Waals surface area (Å²) in [5.74, 6) is 1.62. The van der Waals surface area contributed by atoms with Crippen molar-refractivity contribution < 1.29 is 14.3 Å². The number of carbonyl (C=O) groups is 1. The minimum absolute atomic E-state index is 0.0949. The summed E-state index contributed by atoms with van der Waals surface area (Å²) in [5, 5.41) is 0. The van der Waals surface area contributed by atoms with Crippen LogP contribution >= 0.6 is 0 Å². The van der Waals surface area contributed by atoms with Crippen LogP contribution in [0, 0.1) is 0 Å². The SMILES string of the molecule is O=C(c1cccc(OCc2ccccc2)c1)N1C2CCC1CC(Oc1cccnc1)C2. The monoisotopic (exact) mass is 414 g/mol. The number of aromatic nitrogens is 1. The first-order valence-corrected chi connectivity index (χ1v) is 10.9. The van der Waals surface area contributed by atoms with E-state index in [1.165, 1.54) is 0 Å². The molecule has 2 saturated heterocycles. The maximum absolute atomic E-state index is 13.4. The average molecular weight is 415 g/mol. The van der Waals surface area contributed by atoms with E-state index in [4.69, 9.17) is 9.47 Å². The lowest BCUT2D eigenvalue weighted by molar-refractivity contribution is 0.0357. The van der Waals surface area contributed by atoms with E-state index in [-0.39, 0.29) is 24.1 Å². The van der Waals surface area contributed by atoms with E-state index in [0.717, 1.165) is 42.7 Å². The lowest BCUT2D eigenvalue weighted by atomic mass is 9.98. The summed E-state index contributed by atoms with van der Waals surface area (Å²) in [4.78, 5) is 19.6. The Morgan fingerprint density at radius 3 is 2.45 bits per heavy atom. The second-order valence-electron chi connectivity index (χ2n) is 8.30. The third kappa shape index (κ3) is 4.41. The molecule has 2 bridgehead atoms. The van der Waals surface area contributed by atoms with Gasteiger partial charge in [-0.05, 0) is 48.7 Å². The number of ether oxygens (including phenoxy) is 2. The molecule has 31 heavy (non-hydrogen) atoms. The van der Waals surface area contributed by atoms with Crippen LogP contribution in [0.1, 0.15) is 41.6 Å². The molecule has 1 amide bonds. The lowest BCUT2D eigenvalue weighted by Gasteiger charge is -2.39. The first-order valence-electron chi connectivity index (χ1n) is 10.9. The minimum atomic E-state index is 0.0949. The van der Waals surface area contributed by atoms with Crippen molar-refractivity contribution >= 4 is 5.91 Å². The number of carbonyl (C=O) groups excluding carboxylic acids is 1. The standard InChI is InChI=1S/C26H26N2O3/c29-26(20-8-4-9-23(14-20)30-18-19-6-2-1-3-7-19)28-21-11-12-22(28)16-25(15-21)31-24-10-5-13-27-17-24/h1-10,13-14,17,21-22,25H,11-12,15-16,18H2. The highest BCUT2D eigenvalue weighted by atomic mass is 16.5. The molecule has 5 nitrogen and oxygen atoms in total. The number of hydrogen-bond acceptors (Lipinski definition) is 4. The summed E-state index contributed by atoms with van der Waals surface area (Å²) >= 11 is 0. The molecule has 2 aliphatic heterocycles. The third-order valence-electron chi connectivity index (χ3n) is 6.19. The second kappa shape index (κ2) is 8.80. The van der Waals surface area contributed by atoms with Crippen LogP contribution in [0.3, 0.4) is 0 Å².